The number of fused-ring (bicyclic) bond motifs is 2. The summed E-state index contributed by atoms with van der Waals surface area (Å²) < 4.78 is 0.768. The fraction of sp³-hybridized carbons (Fsp3) is 0.333. The van der Waals surface area contributed by atoms with Gasteiger partial charge in [0, 0.05) is 35.5 Å². The molecule has 0 saturated carbocycles. The number of hydrogen-bond donors (Lipinski definition) is 2. The normalized spacial score (nSPS) is 22.6. The Morgan fingerprint density at radius 3 is 2.74 bits per heavy atom. The number of anilines is 1. The van der Waals surface area contributed by atoms with Gasteiger partial charge >= 0.3 is 0 Å². The lowest BCUT2D eigenvalue weighted by Gasteiger charge is -2.36. The summed E-state index contributed by atoms with van der Waals surface area (Å²) in [5.41, 5.74) is 1.70. The van der Waals surface area contributed by atoms with Crippen molar-refractivity contribution in [2.45, 2.75) is 38.0 Å². The summed E-state index contributed by atoms with van der Waals surface area (Å²) in [6.07, 6.45) is 5.81. The van der Waals surface area contributed by atoms with Crippen LogP contribution in [0.5, 0.6) is 0 Å². The molecular weight excluding hydrogens is 496 g/mol. The molecule has 0 spiro atoms. The van der Waals surface area contributed by atoms with Gasteiger partial charge < -0.3 is 20.0 Å². The maximum Gasteiger partial charge on any atom is 0.264 e. The zero-order valence-electron chi connectivity index (χ0n) is 19.2. The SMILES string of the molecule is C=CCN1C(=O)[C@@](O)([C@@H](C)/C=C/CC(=O)N2Cc3ccccc3C[C@H]2CO)c2cc(Br)ccc21. The Morgan fingerprint density at radius 2 is 2.03 bits per heavy atom. The van der Waals surface area contributed by atoms with Gasteiger partial charge in [0.25, 0.3) is 5.91 Å². The lowest BCUT2D eigenvalue weighted by atomic mass is 9.83. The monoisotopic (exact) mass is 524 g/mol. The molecule has 2 amide bonds. The summed E-state index contributed by atoms with van der Waals surface area (Å²) in [4.78, 5) is 29.5. The van der Waals surface area contributed by atoms with Crippen molar-refractivity contribution in [2.75, 3.05) is 18.1 Å². The van der Waals surface area contributed by atoms with Gasteiger partial charge in [0.2, 0.25) is 5.91 Å². The summed E-state index contributed by atoms with van der Waals surface area (Å²) in [6, 6.07) is 13.1. The van der Waals surface area contributed by atoms with E-state index in [2.05, 4.69) is 22.5 Å². The van der Waals surface area contributed by atoms with Gasteiger partial charge in [-0.3, -0.25) is 9.59 Å². The Balaban J connectivity index is 1.51. The minimum atomic E-state index is -1.74. The number of amides is 2. The van der Waals surface area contributed by atoms with Crippen molar-refractivity contribution in [3.63, 3.8) is 0 Å². The Labute approximate surface area is 208 Å². The van der Waals surface area contributed by atoms with E-state index in [1.807, 2.05) is 36.4 Å². The molecule has 178 valence electrons. The highest BCUT2D eigenvalue weighted by molar-refractivity contribution is 9.10. The van der Waals surface area contributed by atoms with Crippen molar-refractivity contribution in [1.29, 1.82) is 0 Å². The predicted molar refractivity (Wildman–Crippen MR) is 135 cm³/mol. The van der Waals surface area contributed by atoms with E-state index in [0.29, 0.717) is 30.8 Å². The first kappa shape index (κ1) is 24.4. The van der Waals surface area contributed by atoms with Crippen molar-refractivity contribution < 1.29 is 19.8 Å². The fourth-order valence-electron chi connectivity index (χ4n) is 4.90. The number of hydrogen-bond acceptors (Lipinski definition) is 4. The smallest absolute Gasteiger partial charge is 0.264 e. The third kappa shape index (κ3) is 4.24. The Morgan fingerprint density at radius 1 is 1.29 bits per heavy atom. The molecule has 7 heteroatoms. The van der Waals surface area contributed by atoms with Crippen LogP contribution < -0.4 is 4.90 Å². The number of aliphatic hydroxyl groups is 2. The Bertz CT molecular complexity index is 1150. The number of benzene rings is 2. The first-order valence-corrected chi connectivity index (χ1v) is 12.2. The van der Waals surface area contributed by atoms with Crippen LogP contribution in [0.1, 0.15) is 30.0 Å². The molecule has 4 rings (SSSR count). The van der Waals surface area contributed by atoms with E-state index in [-0.39, 0.29) is 25.0 Å². The van der Waals surface area contributed by atoms with Gasteiger partial charge in [-0.05, 0) is 35.7 Å². The zero-order valence-corrected chi connectivity index (χ0v) is 20.7. The highest BCUT2D eigenvalue weighted by Gasteiger charge is 2.52. The van der Waals surface area contributed by atoms with Gasteiger partial charge in [0.05, 0.1) is 18.3 Å². The van der Waals surface area contributed by atoms with E-state index in [9.17, 15) is 19.8 Å². The van der Waals surface area contributed by atoms with Gasteiger partial charge in [0.1, 0.15) is 0 Å². The summed E-state index contributed by atoms with van der Waals surface area (Å²) in [7, 11) is 0. The quantitative estimate of drug-likeness (QED) is 0.541. The number of carbonyl (C=O) groups is 2. The van der Waals surface area contributed by atoms with E-state index in [4.69, 9.17) is 0 Å². The largest absolute Gasteiger partial charge is 0.394 e. The fourth-order valence-corrected chi connectivity index (χ4v) is 5.26. The van der Waals surface area contributed by atoms with Crippen LogP contribution in [0.3, 0.4) is 0 Å². The second-order valence-electron chi connectivity index (χ2n) is 8.88. The predicted octanol–water partition coefficient (Wildman–Crippen LogP) is 3.70. The van der Waals surface area contributed by atoms with Crippen LogP contribution in [0.25, 0.3) is 0 Å². The second-order valence-corrected chi connectivity index (χ2v) is 9.80. The topological polar surface area (TPSA) is 81.1 Å². The van der Waals surface area contributed by atoms with Gasteiger partial charge in [0.15, 0.2) is 5.60 Å². The molecule has 2 aromatic rings. The van der Waals surface area contributed by atoms with Gasteiger partial charge in [-0.2, -0.15) is 0 Å². The third-order valence-corrected chi connectivity index (χ3v) is 7.30. The molecule has 0 aromatic heterocycles. The van der Waals surface area contributed by atoms with Gasteiger partial charge in [-0.15, -0.1) is 6.58 Å². The standard InChI is InChI=1S/C27H29BrN2O4/c1-3-13-29-24-12-11-21(28)15-23(24)27(34,26(29)33)18(2)7-6-10-25(32)30-16-20-9-5-4-8-19(20)14-22(30)17-31/h3-9,11-12,15,18,22,31,34H,1,10,13-14,16-17H2,2H3/b7-6+/t18-,22-,27+/m0/s1. The molecule has 0 aliphatic carbocycles. The van der Waals surface area contributed by atoms with Crippen molar-refractivity contribution in [3.05, 3.63) is 88.4 Å². The van der Waals surface area contributed by atoms with E-state index >= 15 is 0 Å². The number of aliphatic hydroxyl groups excluding tert-OH is 1. The molecule has 2 N–H and O–H groups in total. The van der Waals surface area contributed by atoms with Crippen LogP contribution in [0.2, 0.25) is 0 Å². The summed E-state index contributed by atoms with van der Waals surface area (Å²) in [6.45, 7) is 6.16. The Hall–Kier alpha value is -2.74. The van der Waals surface area contributed by atoms with Crippen LogP contribution in [-0.4, -0.2) is 46.1 Å². The highest BCUT2D eigenvalue weighted by atomic mass is 79.9. The van der Waals surface area contributed by atoms with E-state index in [0.717, 1.165) is 15.6 Å². The molecule has 0 fully saturated rings. The van der Waals surface area contributed by atoms with Crippen molar-refractivity contribution >= 4 is 33.4 Å². The molecule has 0 bridgehead atoms. The minimum absolute atomic E-state index is 0.0980. The first-order valence-electron chi connectivity index (χ1n) is 11.4. The van der Waals surface area contributed by atoms with Crippen molar-refractivity contribution in [1.82, 2.24) is 4.90 Å². The first-order chi connectivity index (χ1) is 16.3. The van der Waals surface area contributed by atoms with E-state index in [1.165, 1.54) is 4.90 Å². The average molecular weight is 525 g/mol. The lowest BCUT2D eigenvalue weighted by molar-refractivity contribution is -0.139. The van der Waals surface area contributed by atoms with Crippen LogP contribution in [0.15, 0.2) is 71.7 Å². The molecular formula is C27H29BrN2O4. The van der Waals surface area contributed by atoms with Crippen LogP contribution in [-0.2, 0) is 28.2 Å². The summed E-state index contributed by atoms with van der Waals surface area (Å²) in [5.74, 6) is -1.07. The molecule has 2 heterocycles. The maximum atomic E-state index is 13.2. The number of nitrogens with zero attached hydrogens (tertiary/aromatic N) is 2. The van der Waals surface area contributed by atoms with Gasteiger partial charge in [-0.25, -0.2) is 0 Å². The summed E-state index contributed by atoms with van der Waals surface area (Å²) in [5, 5.41) is 21.4. The lowest BCUT2D eigenvalue weighted by Crippen LogP contribution is -2.46. The number of carbonyl (C=O) groups excluding carboxylic acids is 2. The number of rotatable bonds is 7. The third-order valence-electron chi connectivity index (χ3n) is 6.81. The molecule has 34 heavy (non-hydrogen) atoms. The average Bonchev–Trinajstić information content (AvgIpc) is 3.05. The van der Waals surface area contributed by atoms with Crippen molar-refractivity contribution in [2.24, 2.45) is 5.92 Å². The molecule has 6 nitrogen and oxygen atoms in total. The van der Waals surface area contributed by atoms with Crippen molar-refractivity contribution in [3.8, 4) is 0 Å². The molecule has 0 radical (unpaired) electrons. The molecule has 0 unspecified atom stereocenters. The Kier molecular flexibility index (Phi) is 7.07. The highest BCUT2D eigenvalue weighted by Crippen LogP contribution is 2.46. The second kappa shape index (κ2) is 9.86. The van der Waals surface area contributed by atoms with Crippen LogP contribution in [0, 0.1) is 5.92 Å². The van der Waals surface area contributed by atoms with E-state index < -0.39 is 17.4 Å². The molecule has 0 saturated heterocycles. The molecule has 2 aliphatic rings. The molecule has 2 aromatic carbocycles. The maximum absolute atomic E-state index is 13.2. The zero-order chi connectivity index (χ0) is 24.5. The number of halogens is 1. The molecule has 3 atom stereocenters. The molecule has 2 aliphatic heterocycles. The van der Waals surface area contributed by atoms with Crippen LogP contribution in [0.4, 0.5) is 5.69 Å². The van der Waals surface area contributed by atoms with Gasteiger partial charge in [-0.1, -0.05) is 65.3 Å². The minimum Gasteiger partial charge on any atom is -0.394 e. The summed E-state index contributed by atoms with van der Waals surface area (Å²) >= 11 is 3.43. The van der Waals surface area contributed by atoms with E-state index in [1.54, 1.807) is 36.1 Å². The van der Waals surface area contributed by atoms with Crippen LogP contribution >= 0.6 is 15.9 Å².